The van der Waals surface area contributed by atoms with E-state index < -0.39 is 24.6 Å². The van der Waals surface area contributed by atoms with Gasteiger partial charge in [0.05, 0.1) is 34.9 Å². The number of aromatic nitrogens is 2. The van der Waals surface area contributed by atoms with Crippen LogP contribution in [0.15, 0.2) is 18.5 Å². The number of hydrogen-bond acceptors (Lipinski definition) is 6. The van der Waals surface area contributed by atoms with Crippen molar-refractivity contribution in [3.8, 4) is 5.88 Å². The van der Waals surface area contributed by atoms with E-state index in [-0.39, 0.29) is 27.2 Å². The van der Waals surface area contributed by atoms with Crippen molar-refractivity contribution >= 4 is 46.4 Å². The largest absolute Gasteiger partial charge is 0.415 e. The Morgan fingerprint density at radius 3 is 2.56 bits per heavy atom. The number of urea groups is 1. The molecule has 0 radical (unpaired) electrons. The molecular formula is C15H15Cl2F2N5O3. The summed E-state index contributed by atoms with van der Waals surface area (Å²) in [6, 6.07) is 0.529. The van der Waals surface area contributed by atoms with Crippen molar-refractivity contribution in [2.45, 2.75) is 19.6 Å². The highest BCUT2D eigenvalue weighted by atomic mass is 35.5. The minimum atomic E-state index is -3.07. The highest BCUT2D eigenvalue weighted by molar-refractivity contribution is 6.34. The molecule has 146 valence electrons. The van der Waals surface area contributed by atoms with Gasteiger partial charge in [-0.1, -0.05) is 23.2 Å². The molecule has 27 heavy (non-hydrogen) atoms. The molecule has 8 nitrogen and oxygen atoms in total. The molecule has 4 N–H and O–H groups in total. The van der Waals surface area contributed by atoms with E-state index in [0.29, 0.717) is 5.56 Å². The first-order valence-corrected chi connectivity index (χ1v) is 8.13. The molecule has 2 heterocycles. The fourth-order valence-electron chi connectivity index (χ4n) is 2.08. The molecule has 2 aromatic heterocycles. The molecule has 12 heteroatoms. The van der Waals surface area contributed by atoms with Gasteiger partial charge < -0.3 is 25.8 Å². The molecule has 0 fully saturated rings. The third kappa shape index (κ3) is 5.28. The van der Waals surface area contributed by atoms with Gasteiger partial charge in [-0.05, 0) is 13.0 Å². The predicted octanol–water partition coefficient (Wildman–Crippen LogP) is 4.32. The Hall–Kier alpha value is -2.43. The fourth-order valence-corrected chi connectivity index (χ4v) is 2.60. The van der Waals surface area contributed by atoms with Gasteiger partial charge >= 0.3 is 12.6 Å². The van der Waals surface area contributed by atoms with Crippen molar-refractivity contribution in [3.63, 3.8) is 0 Å². The summed E-state index contributed by atoms with van der Waals surface area (Å²) in [7, 11) is 1.47. The monoisotopic (exact) mass is 421 g/mol. The van der Waals surface area contributed by atoms with E-state index in [2.05, 4.69) is 25.3 Å². The molecule has 0 unspecified atom stereocenters. The zero-order chi connectivity index (χ0) is 20.1. The van der Waals surface area contributed by atoms with Crippen LogP contribution in [0.5, 0.6) is 5.88 Å². The summed E-state index contributed by atoms with van der Waals surface area (Å²) >= 11 is 11.9. The lowest BCUT2D eigenvalue weighted by Gasteiger charge is -2.18. The first-order valence-electron chi connectivity index (χ1n) is 7.38. The number of halogens is 4. The highest BCUT2D eigenvalue weighted by Crippen LogP contribution is 2.34. The molecule has 1 atom stereocenters. The van der Waals surface area contributed by atoms with Crippen LogP contribution < -0.4 is 21.1 Å². The van der Waals surface area contributed by atoms with E-state index in [4.69, 9.17) is 33.7 Å². The third-order valence-electron chi connectivity index (χ3n) is 3.36. The molecule has 2 amide bonds. The lowest BCUT2D eigenvalue weighted by molar-refractivity contribution is -0.0527. The number of nitrogens with zero attached hydrogens (tertiary/aromatic N) is 2. The van der Waals surface area contributed by atoms with Crippen LogP contribution in [0.1, 0.15) is 18.6 Å². The van der Waals surface area contributed by atoms with Crippen LogP contribution in [0, 0.1) is 0 Å². The van der Waals surface area contributed by atoms with Crippen molar-refractivity contribution in [2.24, 2.45) is 0 Å². The number of nitrogen functional groups attached to an aromatic ring is 1. The highest BCUT2D eigenvalue weighted by Gasteiger charge is 2.19. The van der Waals surface area contributed by atoms with Gasteiger partial charge in [0.1, 0.15) is 10.8 Å². The topological polar surface area (TPSA) is 111 Å². The van der Waals surface area contributed by atoms with E-state index in [1.165, 1.54) is 19.4 Å². The van der Waals surface area contributed by atoms with Gasteiger partial charge in [-0.3, -0.25) is 0 Å². The average Bonchev–Trinajstić information content (AvgIpc) is 2.60. The Labute approximate surface area is 163 Å². The number of anilines is 3. The standard InChI is InChI=1S/C15H15Cl2F2N5O3/c1-6(26-2)10-9(5-21-12(20)11(10)17)24-15(25)23-7-3-8(16)13(22-4-7)27-14(18)19/h3-6,14H,1-2H3,(H2,20,21)(H2,23,24,25)/t6-/m0/s1. The normalized spacial score (nSPS) is 12.0. The lowest BCUT2D eigenvalue weighted by atomic mass is 10.1. The van der Waals surface area contributed by atoms with Crippen LogP contribution in [0.25, 0.3) is 0 Å². The summed E-state index contributed by atoms with van der Waals surface area (Å²) in [6.45, 7) is -1.35. The molecule has 0 saturated carbocycles. The third-order valence-corrected chi connectivity index (χ3v) is 4.03. The predicted molar refractivity (Wildman–Crippen MR) is 97.6 cm³/mol. The van der Waals surface area contributed by atoms with Gasteiger partial charge in [0.25, 0.3) is 0 Å². The Morgan fingerprint density at radius 1 is 1.26 bits per heavy atom. The first-order chi connectivity index (χ1) is 12.7. The number of pyridine rings is 2. The second-order valence-corrected chi connectivity index (χ2v) is 5.92. The Kier molecular flexibility index (Phi) is 6.94. The summed E-state index contributed by atoms with van der Waals surface area (Å²) in [5.41, 5.74) is 6.55. The molecule has 0 aliphatic rings. The molecular weight excluding hydrogens is 407 g/mol. The average molecular weight is 422 g/mol. The summed E-state index contributed by atoms with van der Waals surface area (Å²) in [5.74, 6) is -0.365. The van der Waals surface area contributed by atoms with Crippen molar-refractivity contribution in [1.29, 1.82) is 0 Å². The molecule has 0 aliphatic heterocycles. The van der Waals surface area contributed by atoms with Gasteiger partial charge in [0.2, 0.25) is 5.88 Å². The number of hydrogen-bond donors (Lipinski definition) is 3. The fraction of sp³-hybridized carbons (Fsp3) is 0.267. The van der Waals surface area contributed by atoms with Gasteiger partial charge in [0, 0.05) is 12.7 Å². The van der Waals surface area contributed by atoms with Crippen LogP contribution in [-0.2, 0) is 4.74 Å². The van der Waals surface area contributed by atoms with Gasteiger partial charge in [-0.2, -0.15) is 8.78 Å². The van der Waals surface area contributed by atoms with Gasteiger partial charge in [-0.25, -0.2) is 14.8 Å². The number of nitrogens with two attached hydrogens (primary N) is 1. The molecule has 0 bridgehead atoms. The quantitative estimate of drug-likeness (QED) is 0.640. The van der Waals surface area contributed by atoms with E-state index in [1.54, 1.807) is 6.92 Å². The summed E-state index contributed by atoms with van der Waals surface area (Å²) in [4.78, 5) is 19.7. The van der Waals surface area contributed by atoms with Gasteiger partial charge in [-0.15, -0.1) is 0 Å². The molecule has 2 aromatic rings. The SMILES string of the molecule is CO[C@@H](C)c1c(NC(=O)Nc2cnc(OC(F)F)c(Cl)c2)cnc(N)c1Cl. The molecule has 0 spiro atoms. The maximum Gasteiger partial charge on any atom is 0.388 e. The minimum Gasteiger partial charge on any atom is -0.415 e. The second-order valence-electron chi connectivity index (χ2n) is 5.13. The molecule has 2 rings (SSSR count). The van der Waals surface area contributed by atoms with Crippen LogP contribution >= 0.6 is 23.2 Å². The number of alkyl halides is 2. The zero-order valence-electron chi connectivity index (χ0n) is 14.1. The van der Waals surface area contributed by atoms with Crippen LogP contribution in [0.4, 0.5) is 30.8 Å². The van der Waals surface area contributed by atoms with Crippen molar-refractivity contribution in [2.75, 3.05) is 23.5 Å². The minimum absolute atomic E-state index is 0.0899. The molecule has 0 saturated heterocycles. The van der Waals surface area contributed by atoms with Crippen molar-refractivity contribution < 1.29 is 23.0 Å². The Balaban J connectivity index is 2.17. The number of nitrogens with one attached hydrogen (secondary N) is 2. The van der Waals surface area contributed by atoms with Crippen LogP contribution in [-0.4, -0.2) is 29.7 Å². The number of methoxy groups -OCH3 is 1. The van der Waals surface area contributed by atoms with E-state index in [0.717, 1.165) is 6.20 Å². The number of rotatable bonds is 6. The van der Waals surface area contributed by atoms with Gasteiger partial charge in [0.15, 0.2) is 0 Å². The molecule has 0 aliphatic carbocycles. The summed E-state index contributed by atoms with van der Waals surface area (Å²) in [5, 5.41) is 4.96. The summed E-state index contributed by atoms with van der Waals surface area (Å²) in [6.07, 6.45) is 1.96. The number of carbonyl (C=O) groups excluding carboxylic acids is 1. The smallest absolute Gasteiger partial charge is 0.388 e. The maximum absolute atomic E-state index is 12.2. The zero-order valence-corrected chi connectivity index (χ0v) is 15.6. The Bertz CT molecular complexity index is 841. The lowest BCUT2D eigenvalue weighted by Crippen LogP contribution is -2.21. The second kappa shape index (κ2) is 8.98. The van der Waals surface area contributed by atoms with E-state index in [9.17, 15) is 13.6 Å². The number of carbonyl (C=O) groups is 1. The number of ether oxygens (including phenoxy) is 2. The van der Waals surface area contributed by atoms with Crippen LogP contribution in [0.2, 0.25) is 10.0 Å². The summed E-state index contributed by atoms with van der Waals surface area (Å²) < 4.78 is 33.8. The van der Waals surface area contributed by atoms with Crippen molar-refractivity contribution in [1.82, 2.24) is 9.97 Å². The van der Waals surface area contributed by atoms with Crippen molar-refractivity contribution in [3.05, 3.63) is 34.1 Å². The maximum atomic E-state index is 12.2. The number of amides is 2. The first kappa shape index (κ1) is 20.9. The van der Waals surface area contributed by atoms with E-state index >= 15 is 0 Å². The molecule has 0 aromatic carbocycles. The Morgan fingerprint density at radius 2 is 1.96 bits per heavy atom. The van der Waals surface area contributed by atoms with E-state index in [1.807, 2.05) is 0 Å². The van der Waals surface area contributed by atoms with Crippen LogP contribution in [0.3, 0.4) is 0 Å².